The van der Waals surface area contributed by atoms with E-state index in [2.05, 4.69) is 15.6 Å². The number of anilines is 2. The summed E-state index contributed by atoms with van der Waals surface area (Å²) in [5.41, 5.74) is 1.08. The van der Waals surface area contributed by atoms with Crippen LogP contribution in [-0.2, 0) is 34.6 Å². The van der Waals surface area contributed by atoms with Crippen LogP contribution in [0.5, 0.6) is 5.75 Å². The third kappa shape index (κ3) is 6.52. The lowest BCUT2D eigenvalue weighted by molar-refractivity contribution is -0.385. The monoisotopic (exact) mass is 700 g/mol. The number of rotatable bonds is 12. The Bertz CT molecular complexity index is 1910. The first-order valence-corrected chi connectivity index (χ1v) is 19.4. The first-order chi connectivity index (χ1) is 23.8. The van der Waals surface area contributed by atoms with E-state index in [0.29, 0.717) is 58.9 Å². The summed E-state index contributed by atoms with van der Waals surface area (Å²) < 4.78 is 13.6. The molecule has 0 radical (unpaired) electrons. The molecule has 0 aliphatic carbocycles. The van der Waals surface area contributed by atoms with Crippen LogP contribution < -0.4 is 15.0 Å². The molecule has 3 N–H and O–H groups in total. The van der Waals surface area contributed by atoms with Gasteiger partial charge in [-0.15, -0.1) is 5.10 Å². The van der Waals surface area contributed by atoms with E-state index in [0.717, 1.165) is 0 Å². The fourth-order valence-corrected chi connectivity index (χ4v) is 10.0. The summed E-state index contributed by atoms with van der Waals surface area (Å²) in [5, 5.41) is 32.4. The maximum atomic E-state index is 14.8. The molecule has 14 nitrogen and oxygen atoms in total. The molecule has 1 spiro atoms. The van der Waals surface area contributed by atoms with Gasteiger partial charge in [-0.1, -0.05) is 24.3 Å². The quantitative estimate of drug-likeness (QED) is 0.109. The van der Waals surface area contributed by atoms with Gasteiger partial charge in [0.25, 0.3) is 17.5 Å². The van der Waals surface area contributed by atoms with E-state index in [4.69, 9.17) is 9.47 Å². The largest absolute Gasteiger partial charge is 0.497 e. The van der Waals surface area contributed by atoms with Crippen molar-refractivity contribution in [2.75, 3.05) is 23.9 Å². The molecular formula is C35H40N6O8Si. The molecular weight excluding hydrogens is 661 g/mol. The second-order valence-electron chi connectivity index (χ2n) is 13.3. The van der Waals surface area contributed by atoms with Gasteiger partial charge in [-0.3, -0.25) is 24.4 Å². The van der Waals surface area contributed by atoms with Crippen molar-refractivity contribution in [3.8, 4) is 5.75 Å². The van der Waals surface area contributed by atoms with Crippen LogP contribution in [0.3, 0.4) is 0 Å². The molecule has 0 unspecified atom stereocenters. The first kappa shape index (κ1) is 34.9. The number of aromatic nitrogens is 3. The number of aliphatic hydroxyl groups excluding tert-OH is 1. The summed E-state index contributed by atoms with van der Waals surface area (Å²) in [4.78, 5) is 52.4. The van der Waals surface area contributed by atoms with Crippen LogP contribution in [-0.4, -0.2) is 69.8 Å². The van der Waals surface area contributed by atoms with Gasteiger partial charge >= 0.3 is 0 Å². The highest BCUT2D eigenvalue weighted by Crippen LogP contribution is 2.60. The zero-order valence-electron chi connectivity index (χ0n) is 28.3. The zero-order valence-corrected chi connectivity index (χ0v) is 29.3. The second kappa shape index (κ2) is 13.7. The SMILES string of the molecule is COc1ccc(C(=O)Nc2cccc(CN3C(=O)[C@@]4(O[C@@H](CCn5cc(CCO)nn5)[C@H]([Si](C)(C)O)[C@H]4C)c4cc([N+](=O)[O-])ccc43)c2)cc1. The van der Waals surface area contributed by atoms with Gasteiger partial charge in [0.1, 0.15) is 5.75 Å². The Morgan fingerprint density at radius 2 is 1.92 bits per heavy atom. The highest BCUT2D eigenvalue weighted by atomic mass is 28.4. The van der Waals surface area contributed by atoms with Crippen LogP contribution in [0, 0.1) is 16.0 Å². The highest BCUT2D eigenvalue weighted by Gasteiger charge is 2.66. The van der Waals surface area contributed by atoms with Crippen LogP contribution in [0.15, 0.2) is 72.9 Å². The molecule has 6 rings (SSSR count). The number of ether oxygens (including phenoxy) is 2. The van der Waals surface area contributed by atoms with Crippen LogP contribution >= 0.6 is 0 Å². The minimum atomic E-state index is -2.98. The number of fused-ring (bicyclic) bond motifs is 2. The van der Waals surface area contributed by atoms with Gasteiger partial charge in [0.2, 0.25) is 0 Å². The van der Waals surface area contributed by atoms with Crippen molar-refractivity contribution in [1.82, 2.24) is 15.0 Å². The lowest BCUT2D eigenvalue weighted by Gasteiger charge is -2.32. The number of methoxy groups -OCH3 is 1. The maximum absolute atomic E-state index is 14.8. The van der Waals surface area contributed by atoms with Crippen LogP contribution in [0.4, 0.5) is 17.1 Å². The van der Waals surface area contributed by atoms with E-state index >= 15 is 0 Å². The van der Waals surface area contributed by atoms with Crippen molar-refractivity contribution >= 4 is 37.2 Å². The van der Waals surface area contributed by atoms with Crippen molar-refractivity contribution in [2.24, 2.45) is 5.92 Å². The minimum absolute atomic E-state index is 0.0520. The lowest BCUT2D eigenvalue weighted by atomic mass is 9.82. The zero-order chi connectivity index (χ0) is 35.8. The van der Waals surface area contributed by atoms with Gasteiger partial charge in [0, 0.05) is 66.2 Å². The molecule has 0 bridgehead atoms. The standard InChI is InChI=1S/C35H40N6O8Si/c1-22-32(50(3,4)47)31(14-16-39-21-26(15-17-42)37-38-39)49-35(22)29-19-27(41(45)46)10-13-30(29)40(34(35)44)20-23-6-5-7-25(18-23)36-33(43)24-8-11-28(48-2)12-9-24/h5-13,18-19,21-22,31-32,42,47H,14-17,20H2,1-4H3,(H,36,43)/t22-,31+,32-,35+/m1/s1. The molecule has 2 aliphatic heterocycles. The summed E-state index contributed by atoms with van der Waals surface area (Å²) in [6.45, 7) is 5.95. The highest BCUT2D eigenvalue weighted by molar-refractivity contribution is 6.71. The van der Waals surface area contributed by atoms with Crippen molar-refractivity contribution in [1.29, 1.82) is 0 Å². The van der Waals surface area contributed by atoms with Gasteiger partial charge in [-0.25, -0.2) is 0 Å². The minimum Gasteiger partial charge on any atom is -0.497 e. The average molecular weight is 701 g/mol. The summed E-state index contributed by atoms with van der Waals surface area (Å²) in [6.07, 6.45) is 1.96. The number of carbonyl (C=O) groups excluding carboxylic acids is 2. The topological polar surface area (TPSA) is 182 Å². The van der Waals surface area contributed by atoms with Crippen LogP contribution in [0.2, 0.25) is 18.6 Å². The predicted molar refractivity (Wildman–Crippen MR) is 186 cm³/mol. The number of hydrogen-bond acceptors (Lipinski definition) is 10. The molecule has 3 heterocycles. The third-order valence-corrected chi connectivity index (χ3v) is 12.2. The van der Waals surface area contributed by atoms with Crippen LogP contribution in [0.25, 0.3) is 0 Å². The number of nitro benzene ring substituents is 1. The molecule has 2 amide bonds. The van der Waals surface area contributed by atoms with E-state index in [9.17, 15) is 29.6 Å². The summed E-state index contributed by atoms with van der Waals surface area (Å²) >= 11 is 0. The number of nitro groups is 1. The molecule has 3 aromatic carbocycles. The van der Waals surface area contributed by atoms with Gasteiger partial charge in [-0.05, 0) is 67.5 Å². The fraction of sp³-hybridized carbons (Fsp3) is 0.371. The van der Waals surface area contributed by atoms with Crippen molar-refractivity contribution < 1.29 is 33.9 Å². The molecule has 1 aromatic heterocycles. The number of amides is 2. The predicted octanol–water partition coefficient (Wildman–Crippen LogP) is 4.42. The van der Waals surface area contributed by atoms with Crippen molar-refractivity contribution in [3.63, 3.8) is 0 Å². The Hall–Kier alpha value is -4.96. The van der Waals surface area contributed by atoms with E-state index in [1.807, 2.05) is 26.1 Å². The Labute approximate surface area is 289 Å². The third-order valence-electron chi connectivity index (χ3n) is 9.65. The summed E-state index contributed by atoms with van der Waals surface area (Å²) in [5.74, 6) is -0.568. The van der Waals surface area contributed by atoms with Gasteiger partial charge in [0.05, 0.1) is 36.1 Å². The number of benzene rings is 3. The lowest BCUT2D eigenvalue weighted by Crippen LogP contribution is -2.46. The molecule has 15 heteroatoms. The van der Waals surface area contributed by atoms with Gasteiger partial charge in [0.15, 0.2) is 13.9 Å². The van der Waals surface area contributed by atoms with E-state index in [-0.39, 0.29) is 30.7 Å². The van der Waals surface area contributed by atoms with Crippen molar-refractivity contribution in [2.45, 2.75) is 63.2 Å². The van der Waals surface area contributed by atoms with E-state index in [1.165, 1.54) is 12.1 Å². The average Bonchev–Trinajstić information content (AvgIpc) is 3.73. The summed E-state index contributed by atoms with van der Waals surface area (Å²) in [6, 6.07) is 18.2. The molecule has 0 saturated carbocycles. The number of nitrogens with one attached hydrogen (secondary N) is 1. The van der Waals surface area contributed by atoms with Crippen LogP contribution in [0.1, 0.15) is 40.5 Å². The van der Waals surface area contributed by atoms with E-state index in [1.54, 1.807) is 71.4 Å². The second-order valence-corrected chi connectivity index (χ2v) is 17.3. The number of aliphatic hydroxyl groups is 1. The molecule has 1 fully saturated rings. The molecule has 2 aliphatic rings. The number of nitrogens with zero attached hydrogens (tertiary/aromatic N) is 5. The van der Waals surface area contributed by atoms with Crippen molar-refractivity contribution in [3.05, 3.63) is 105 Å². The number of non-ortho nitro benzene ring substituents is 1. The van der Waals surface area contributed by atoms with E-state index < -0.39 is 36.4 Å². The molecule has 262 valence electrons. The molecule has 1 saturated heterocycles. The Morgan fingerprint density at radius 1 is 1.16 bits per heavy atom. The Balaban J connectivity index is 1.31. The number of hydrogen-bond donors (Lipinski definition) is 3. The molecule has 4 atom stereocenters. The molecule has 50 heavy (non-hydrogen) atoms. The Kier molecular flexibility index (Phi) is 9.59. The van der Waals surface area contributed by atoms with Gasteiger partial charge < -0.3 is 29.6 Å². The smallest absolute Gasteiger partial charge is 0.269 e. The summed E-state index contributed by atoms with van der Waals surface area (Å²) in [7, 11) is -1.43. The first-order valence-electron chi connectivity index (χ1n) is 16.4. The maximum Gasteiger partial charge on any atom is 0.269 e. The molecule has 4 aromatic rings. The number of carbonyl (C=O) groups is 2. The van der Waals surface area contributed by atoms with Gasteiger partial charge in [-0.2, -0.15) is 0 Å². The normalized spacial score (nSPS) is 21.4. The fourth-order valence-electron chi connectivity index (χ4n) is 7.42. The number of aryl methyl sites for hydroxylation is 1. The Morgan fingerprint density at radius 3 is 2.60 bits per heavy atom.